The highest BCUT2D eigenvalue weighted by Gasteiger charge is 2.23. The van der Waals surface area contributed by atoms with Gasteiger partial charge in [-0.2, -0.15) is 0 Å². The Bertz CT molecular complexity index is 1770. The summed E-state index contributed by atoms with van der Waals surface area (Å²) in [6, 6.07) is -0.920. The fourth-order valence-electron chi connectivity index (χ4n) is 9.58. The van der Waals surface area contributed by atoms with Crippen molar-refractivity contribution in [2.75, 3.05) is 40.9 Å². The smallest absolute Gasteiger partial charge is 0.268 e. The van der Waals surface area contributed by atoms with Gasteiger partial charge in [0.2, 0.25) is 5.91 Å². The summed E-state index contributed by atoms with van der Waals surface area (Å²) in [5, 5.41) is 13.9. The van der Waals surface area contributed by atoms with Crippen LogP contribution in [-0.4, -0.2) is 68.5 Å². The molecule has 8 nitrogen and oxygen atoms in total. The van der Waals surface area contributed by atoms with Crippen molar-refractivity contribution in [3.8, 4) is 0 Å². The number of unbranched alkanes of at least 4 members (excludes halogenated alkanes) is 31. The van der Waals surface area contributed by atoms with E-state index in [0.717, 1.165) is 89.9 Å². The largest absolute Gasteiger partial charge is 0.756 e. The van der Waals surface area contributed by atoms with Crippen LogP contribution in [0.5, 0.6) is 0 Å². The number of aliphatic hydroxyl groups is 1. The highest BCUT2D eigenvalue weighted by molar-refractivity contribution is 7.45. The SMILES string of the molecule is CC/C=C\C/C=C\C/C=C\C/C=C\C/C=C\C/C=C\C/C=C\CCCCCCCCCCCCCCCC(=O)NC(COP(=O)([O-])OCC[N+](C)(C)C)C(O)/C=C/CC/C=C/CC/C=C/CCCCCCCCCCCCCCCCCC. The molecule has 0 bridgehead atoms. The minimum Gasteiger partial charge on any atom is -0.756 e. The van der Waals surface area contributed by atoms with Gasteiger partial charge in [-0.15, -0.1) is 0 Å². The molecule has 0 aromatic carbocycles. The molecular weight excluding hydrogens is 1040 g/mol. The average Bonchev–Trinajstić information content (AvgIpc) is 3.49. The average molecular weight is 1180 g/mol. The number of nitrogens with one attached hydrogen (secondary N) is 1. The Kier molecular flexibility index (Phi) is 61.0. The molecule has 0 aliphatic heterocycles. The van der Waals surface area contributed by atoms with Crippen LogP contribution >= 0.6 is 7.82 Å². The van der Waals surface area contributed by atoms with Crippen molar-refractivity contribution in [1.82, 2.24) is 5.32 Å². The van der Waals surface area contributed by atoms with Gasteiger partial charge in [-0.3, -0.25) is 9.36 Å². The normalized spacial score (nSPS) is 14.4. The van der Waals surface area contributed by atoms with E-state index in [9.17, 15) is 19.4 Å². The molecule has 0 spiro atoms. The molecule has 1 amide bonds. The number of phosphoric acid groups is 1. The molecule has 3 atom stereocenters. The maximum absolute atomic E-state index is 13.0. The van der Waals surface area contributed by atoms with E-state index in [1.807, 2.05) is 27.2 Å². The zero-order chi connectivity index (χ0) is 60.5. The van der Waals surface area contributed by atoms with E-state index in [-0.39, 0.29) is 12.5 Å². The van der Waals surface area contributed by atoms with Crippen LogP contribution in [-0.2, 0) is 18.4 Å². The minimum atomic E-state index is -4.62. The van der Waals surface area contributed by atoms with Crippen LogP contribution < -0.4 is 10.2 Å². The number of carbonyl (C=O) groups excluding carboxylic acids is 1. The second kappa shape index (κ2) is 63.4. The van der Waals surface area contributed by atoms with Crippen molar-refractivity contribution in [3.63, 3.8) is 0 Å². The molecule has 0 radical (unpaired) electrons. The van der Waals surface area contributed by atoms with Gasteiger partial charge in [0, 0.05) is 6.42 Å². The van der Waals surface area contributed by atoms with Crippen molar-refractivity contribution in [3.05, 3.63) is 122 Å². The third-order valence-corrected chi connectivity index (χ3v) is 15.8. The molecule has 9 heteroatoms. The number of aliphatic hydroxyl groups excluding tert-OH is 1. The monoisotopic (exact) mass is 1170 g/mol. The summed E-state index contributed by atoms with van der Waals surface area (Å²) >= 11 is 0. The maximum Gasteiger partial charge on any atom is 0.268 e. The third kappa shape index (κ3) is 66.3. The van der Waals surface area contributed by atoms with E-state index in [1.54, 1.807) is 6.08 Å². The lowest BCUT2D eigenvalue weighted by Gasteiger charge is -2.29. The van der Waals surface area contributed by atoms with Crippen molar-refractivity contribution in [2.24, 2.45) is 0 Å². The first-order valence-electron chi connectivity index (χ1n) is 34.4. The summed E-state index contributed by atoms with van der Waals surface area (Å²) < 4.78 is 23.4. The Balaban J connectivity index is 4.17. The van der Waals surface area contributed by atoms with Crippen molar-refractivity contribution in [1.29, 1.82) is 0 Å². The Morgan fingerprint density at radius 2 is 0.747 bits per heavy atom. The van der Waals surface area contributed by atoms with E-state index in [1.165, 1.54) is 180 Å². The molecule has 0 aliphatic rings. The van der Waals surface area contributed by atoms with Gasteiger partial charge in [0.1, 0.15) is 13.2 Å². The second-order valence-corrected chi connectivity index (χ2v) is 25.5. The first-order valence-corrected chi connectivity index (χ1v) is 35.9. The Morgan fingerprint density at radius 3 is 1.12 bits per heavy atom. The molecule has 0 saturated carbocycles. The van der Waals surface area contributed by atoms with Crippen molar-refractivity contribution < 1.29 is 32.9 Å². The number of amides is 1. The van der Waals surface area contributed by atoms with Crippen LogP contribution in [0.25, 0.3) is 0 Å². The number of hydrogen-bond acceptors (Lipinski definition) is 6. The van der Waals surface area contributed by atoms with E-state index < -0.39 is 26.6 Å². The minimum absolute atomic E-state index is 0.0139. The number of allylic oxidation sites excluding steroid dienone is 19. The van der Waals surface area contributed by atoms with Crippen LogP contribution in [0.4, 0.5) is 0 Å². The number of likely N-dealkylation sites (N-methyl/N-ethyl adjacent to an activating group) is 1. The topological polar surface area (TPSA) is 108 Å². The molecule has 0 aromatic heterocycles. The number of hydrogen-bond donors (Lipinski definition) is 2. The first-order chi connectivity index (χ1) is 40.5. The van der Waals surface area contributed by atoms with Crippen molar-refractivity contribution >= 4 is 13.7 Å². The summed E-state index contributed by atoms with van der Waals surface area (Å²) in [4.78, 5) is 25.6. The molecule has 478 valence electrons. The van der Waals surface area contributed by atoms with Crippen LogP contribution in [0.1, 0.15) is 290 Å². The van der Waals surface area contributed by atoms with Crippen LogP contribution in [0.2, 0.25) is 0 Å². The van der Waals surface area contributed by atoms with Gasteiger partial charge < -0.3 is 28.8 Å². The number of nitrogens with zero attached hydrogens (tertiary/aromatic N) is 1. The van der Waals surface area contributed by atoms with Crippen LogP contribution in [0, 0.1) is 0 Å². The lowest BCUT2D eigenvalue weighted by molar-refractivity contribution is -0.870. The molecule has 2 N–H and O–H groups in total. The number of phosphoric ester groups is 1. The number of carbonyl (C=O) groups is 1. The molecule has 83 heavy (non-hydrogen) atoms. The van der Waals surface area contributed by atoms with E-state index >= 15 is 0 Å². The number of rotatable bonds is 62. The second-order valence-electron chi connectivity index (χ2n) is 24.1. The molecule has 0 aromatic rings. The Morgan fingerprint density at radius 1 is 0.434 bits per heavy atom. The van der Waals surface area contributed by atoms with Crippen LogP contribution in [0.15, 0.2) is 122 Å². The zero-order valence-corrected chi connectivity index (χ0v) is 55.5. The first kappa shape index (κ1) is 79.9. The summed E-state index contributed by atoms with van der Waals surface area (Å²) in [6.07, 6.45) is 94.6. The summed E-state index contributed by atoms with van der Waals surface area (Å²) in [7, 11) is 1.23. The van der Waals surface area contributed by atoms with E-state index in [4.69, 9.17) is 9.05 Å². The predicted octanol–water partition coefficient (Wildman–Crippen LogP) is 21.4. The summed E-state index contributed by atoms with van der Waals surface area (Å²) in [6.45, 7) is 4.52. The molecular formula is C74H131N2O6P. The van der Waals surface area contributed by atoms with Gasteiger partial charge in [-0.05, 0) is 103 Å². The maximum atomic E-state index is 13.0. The van der Waals surface area contributed by atoms with Gasteiger partial charge in [0.25, 0.3) is 7.82 Å². The fourth-order valence-corrected chi connectivity index (χ4v) is 10.3. The highest BCUT2D eigenvalue weighted by atomic mass is 31.2. The summed E-state index contributed by atoms with van der Waals surface area (Å²) in [5.41, 5.74) is 0. The lowest BCUT2D eigenvalue weighted by Crippen LogP contribution is -2.45. The highest BCUT2D eigenvalue weighted by Crippen LogP contribution is 2.38. The van der Waals surface area contributed by atoms with Crippen molar-refractivity contribution in [2.45, 2.75) is 302 Å². The lowest BCUT2D eigenvalue weighted by atomic mass is 10.0. The predicted molar refractivity (Wildman–Crippen MR) is 362 cm³/mol. The molecule has 0 heterocycles. The van der Waals surface area contributed by atoms with Gasteiger partial charge >= 0.3 is 0 Å². The molecule has 0 rings (SSSR count). The quantitative estimate of drug-likeness (QED) is 0.0272. The van der Waals surface area contributed by atoms with Gasteiger partial charge in [-0.25, -0.2) is 0 Å². The Labute approximate surface area is 514 Å². The molecule has 0 fully saturated rings. The van der Waals surface area contributed by atoms with E-state index in [2.05, 4.69) is 129 Å². The van der Waals surface area contributed by atoms with Gasteiger partial charge in [-0.1, -0.05) is 302 Å². The standard InChI is InChI=1S/C74H131N2O6P/c1-6-8-10-12-14-16-18-20-22-24-26-28-30-32-34-35-36-37-38-39-40-41-42-44-46-48-50-52-54-56-58-60-62-64-66-68-74(78)75-72(71-82-83(79,80)81-70-69-76(3,4)5)73(77)67-65-63-61-59-57-55-53-51-49-47-45-43-33-31-29-27-25-23-21-19-17-15-13-11-9-7-2/h8,10,14,16,20,22,26,28,32,34,36-37,39-40,49,51,57,59,65,67,72-73,77H,6-7,9,11-13,15,17-19,21,23-25,27,29-31,33,35,38,41-48,50,52-56,58,60-64,66,68-71H2,1-5H3,(H-,75,78,79,80)/b10-8-,16-14-,22-20-,28-26-,34-32-,37-36-,40-39-,51-49+,59-57+,67-65+. The van der Waals surface area contributed by atoms with Gasteiger partial charge in [0.15, 0.2) is 0 Å². The Hall–Kier alpha value is -3.10. The van der Waals surface area contributed by atoms with E-state index in [0.29, 0.717) is 17.4 Å². The van der Waals surface area contributed by atoms with Crippen LogP contribution in [0.3, 0.4) is 0 Å². The summed E-state index contributed by atoms with van der Waals surface area (Å²) in [5.74, 6) is -0.215. The third-order valence-electron chi connectivity index (χ3n) is 14.9. The fraction of sp³-hybridized carbons (Fsp3) is 0.716. The number of quaternary nitrogens is 1. The molecule has 3 unspecified atom stereocenters. The zero-order valence-electron chi connectivity index (χ0n) is 54.6. The van der Waals surface area contributed by atoms with Gasteiger partial charge in [0.05, 0.1) is 39.9 Å². The molecule has 0 aliphatic carbocycles. The molecule has 0 saturated heterocycles.